The molecule has 1 amide bonds. The summed E-state index contributed by atoms with van der Waals surface area (Å²) in [5.41, 5.74) is 1.98. The minimum Gasteiger partial charge on any atom is -0.351 e. The molecule has 25 heavy (non-hydrogen) atoms. The van der Waals surface area contributed by atoms with Crippen LogP contribution in [0.15, 0.2) is 42.1 Å². The maximum absolute atomic E-state index is 12.2. The van der Waals surface area contributed by atoms with E-state index in [1.807, 2.05) is 49.6 Å². The topological polar surface area (TPSA) is 59.8 Å². The summed E-state index contributed by atoms with van der Waals surface area (Å²) >= 11 is 1.40. The molecule has 0 aliphatic carbocycles. The number of thioether (sulfide) groups is 1. The highest BCUT2D eigenvalue weighted by molar-refractivity contribution is 7.99. The second-order valence-electron chi connectivity index (χ2n) is 6.65. The molecule has 6 heteroatoms. The molecule has 2 rings (SSSR count). The molecule has 0 unspecified atom stereocenters. The van der Waals surface area contributed by atoms with E-state index in [1.165, 1.54) is 17.3 Å². The van der Waals surface area contributed by atoms with Crippen molar-refractivity contribution >= 4 is 17.7 Å². The molecule has 0 atom stereocenters. The average Bonchev–Trinajstić information content (AvgIpc) is 2.96. The highest BCUT2D eigenvalue weighted by Crippen LogP contribution is 2.24. The van der Waals surface area contributed by atoms with Crippen LogP contribution in [0.1, 0.15) is 32.8 Å². The SMILES string of the molecule is C=CCn1c(SCC(=O)NC(C)(C)CC)nnc1-c1cccc(C)c1. The van der Waals surface area contributed by atoms with Crippen LogP contribution in [0.5, 0.6) is 0 Å². The molecule has 1 aromatic carbocycles. The zero-order chi connectivity index (χ0) is 18.4. The number of nitrogens with zero attached hydrogens (tertiary/aromatic N) is 3. The molecule has 0 aliphatic rings. The van der Waals surface area contributed by atoms with Crippen LogP contribution in [0.4, 0.5) is 0 Å². The molecule has 1 heterocycles. The van der Waals surface area contributed by atoms with E-state index in [1.54, 1.807) is 0 Å². The van der Waals surface area contributed by atoms with Gasteiger partial charge in [0.1, 0.15) is 0 Å². The van der Waals surface area contributed by atoms with Crippen LogP contribution in [0, 0.1) is 6.92 Å². The Labute approximate surface area is 153 Å². The minimum atomic E-state index is -0.195. The van der Waals surface area contributed by atoms with Gasteiger partial charge in [0.25, 0.3) is 0 Å². The van der Waals surface area contributed by atoms with Crippen molar-refractivity contribution in [1.82, 2.24) is 20.1 Å². The van der Waals surface area contributed by atoms with Gasteiger partial charge in [-0.3, -0.25) is 9.36 Å². The van der Waals surface area contributed by atoms with Gasteiger partial charge in [-0.05, 0) is 33.3 Å². The third-order valence-electron chi connectivity index (χ3n) is 4.00. The first-order valence-corrected chi connectivity index (χ1v) is 9.40. The van der Waals surface area contributed by atoms with E-state index in [0.717, 1.165) is 23.0 Å². The zero-order valence-corrected chi connectivity index (χ0v) is 16.2. The largest absolute Gasteiger partial charge is 0.351 e. The van der Waals surface area contributed by atoms with Gasteiger partial charge in [-0.1, -0.05) is 48.5 Å². The maximum atomic E-state index is 12.2. The number of nitrogens with one attached hydrogen (secondary N) is 1. The summed E-state index contributed by atoms with van der Waals surface area (Å²) in [5.74, 6) is 1.11. The van der Waals surface area contributed by atoms with Crippen molar-refractivity contribution in [2.24, 2.45) is 0 Å². The molecule has 0 bridgehead atoms. The Bertz CT molecular complexity index is 752. The fraction of sp³-hybridized carbons (Fsp3) is 0.421. The van der Waals surface area contributed by atoms with Crippen LogP contribution in [-0.4, -0.2) is 32.0 Å². The van der Waals surface area contributed by atoms with Gasteiger partial charge in [0.05, 0.1) is 5.75 Å². The number of hydrogen-bond acceptors (Lipinski definition) is 4. The third-order valence-corrected chi connectivity index (χ3v) is 4.97. The Morgan fingerprint density at radius 3 is 2.80 bits per heavy atom. The van der Waals surface area contributed by atoms with E-state index < -0.39 is 0 Å². The first-order chi connectivity index (χ1) is 11.9. The molecule has 134 valence electrons. The summed E-state index contributed by atoms with van der Waals surface area (Å²) in [7, 11) is 0. The lowest BCUT2D eigenvalue weighted by molar-refractivity contribution is -0.120. The molecule has 2 aromatic rings. The van der Waals surface area contributed by atoms with E-state index in [0.29, 0.717) is 12.3 Å². The van der Waals surface area contributed by atoms with Gasteiger partial charge >= 0.3 is 0 Å². The first-order valence-electron chi connectivity index (χ1n) is 8.41. The van der Waals surface area contributed by atoms with Gasteiger partial charge < -0.3 is 5.32 Å². The number of allylic oxidation sites excluding steroid dienone is 1. The number of hydrogen-bond donors (Lipinski definition) is 1. The monoisotopic (exact) mass is 358 g/mol. The molecular weight excluding hydrogens is 332 g/mol. The second-order valence-corrected chi connectivity index (χ2v) is 7.59. The Balaban J connectivity index is 2.16. The van der Waals surface area contributed by atoms with Gasteiger partial charge in [0, 0.05) is 17.6 Å². The quantitative estimate of drug-likeness (QED) is 0.575. The van der Waals surface area contributed by atoms with Gasteiger partial charge in [0.2, 0.25) is 5.91 Å². The van der Waals surface area contributed by atoms with Crippen molar-refractivity contribution < 1.29 is 4.79 Å². The van der Waals surface area contributed by atoms with E-state index in [2.05, 4.69) is 35.1 Å². The fourth-order valence-electron chi connectivity index (χ4n) is 2.32. The van der Waals surface area contributed by atoms with E-state index in [9.17, 15) is 4.79 Å². The predicted molar refractivity (Wildman–Crippen MR) is 104 cm³/mol. The highest BCUT2D eigenvalue weighted by atomic mass is 32.2. The number of benzene rings is 1. The molecule has 5 nitrogen and oxygen atoms in total. The third kappa shape index (κ3) is 5.19. The van der Waals surface area contributed by atoms with Crippen LogP contribution >= 0.6 is 11.8 Å². The zero-order valence-electron chi connectivity index (χ0n) is 15.4. The number of aromatic nitrogens is 3. The van der Waals surface area contributed by atoms with Crippen molar-refractivity contribution in [3.05, 3.63) is 42.5 Å². The second kappa shape index (κ2) is 8.34. The molecule has 0 aliphatic heterocycles. The summed E-state index contributed by atoms with van der Waals surface area (Å²) < 4.78 is 1.99. The molecule has 0 saturated carbocycles. The smallest absolute Gasteiger partial charge is 0.230 e. The maximum Gasteiger partial charge on any atom is 0.230 e. The van der Waals surface area contributed by atoms with Gasteiger partial charge in [-0.2, -0.15) is 0 Å². The molecule has 0 saturated heterocycles. The summed E-state index contributed by atoms with van der Waals surface area (Å²) in [4.78, 5) is 12.2. The number of carbonyl (C=O) groups is 1. The van der Waals surface area contributed by atoms with E-state index in [4.69, 9.17) is 0 Å². The fourth-order valence-corrected chi connectivity index (χ4v) is 3.07. The number of amides is 1. The van der Waals surface area contributed by atoms with Gasteiger partial charge in [0.15, 0.2) is 11.0 Å². The van der Waals surface area contributed by atoms with Crippen molar-refractivity contribution in [2.45, 2.75) is 51.4 Å². The molecular formula is C19H26N4OS. The van der Waals surface area contributed by atoms with Crippen LogP contribution in [0.3, 0.4) is 0 Å². The Morgan fingerprint density at radius 2 is 2.16 bits per heavy atom. The standard InChI is InChI=1S/C19H26N4OS/c1-6-11-23-17(15-10-8-9-14(3)12-15)21-22-18(23)25-13-16(24)20-19(4,5)7-2/h6,8-10,12H,1,7,11,13H2,2-5H3,(H,20,24). The van der Waals surface area contributed by atoms with Crippen LogP contribution in [0.25, 0.3) is 11.4 Å². The molecule has 0 radical (unpaired) electrons. The Morgan fingerprint density at radius 1 is 1.40 bits per heavy atom. The van der Waals surface area contributed by atoms with E-state index >= 15 is 0 Å². The minimum absolute atomic E-state index is 0.00195. The van der Waals surface area contributed by atoms with E-state index in [-0.39, 0.29) is 11.4 Å². The number of carbonyl (C=O) groups excluding carboxylic acids is 1. The molecule has 1 N–H and O–H groups in total. The summed E-state index contributed by atoms with van der Waals surface area (Å²) in [6.07, 6.45) is 2.69. The summed E-state index contributed by atoms with van der Waals surface area (Å²) in [5, 5.41) is 12.4. The van der Waals surface area contributed by atoms with Crippen molar-refractivity contribution in [3.8, 4) is 11.4 Å². The normalized spacial score (nSPS) is 11.4. The van der Waals surface area contributed by atoms with Crippen LogP contribution < -0.4 is 5.32 Å². The predicted octanol–water partition coefficient (Wildman–Crippen LogP) is 3.84. The molecule has 0 spiro atoms. The molecule has 0 fully saturated rings. The average molecular weight is 359 g/mol. The summed E-state index contributed by atoms with van der Waals surface area (Å²) in [6.45, 7) is 12.6. The van der Waals surface area contributed by atoms with Crippen molar-refractivity contribution in [3.63, 3.8) is 0 Å². The van der Waals surface area contributed by atoms with Crippen molar-refractivity contribution in [2.75, 3.05) is 5.75 Å². The van der Waals surface area contributed by atoms with Gasteiger partial charge in [-0.25, -0.2) is 0 Å². The lowest BCUT2D eigenvalue weighted by atomic mass is 10.0. The van der Waals surface area contributed by atoms with Crippen LogP contribution in [-0.2, 0) is 11.3 Å². The van der Waals surface area contributed by atoms with Crippen LogP contribution in [0.2, 0.25) is 0 Å². The number of rotatable bonds is 8. The molecule has 1 aromatic heterocycles. The first kappa shape index (κ1) is 19.2. The summed E-state index contributed by atoms with van der Waals surface area (Å²) in [6, 6.07) is 8.15. The Kier molecular flexibility index (Phi) is 6.42. The Hall–Kier alpha value is -2.08. The lowest BCUT2D eigenvalue weighted by Crippen LogP contribution is -2.43. The lowest BCUT2D eigenvalue weighted by Gasteiger charge is -2.24. The highest BCUT2D eigenvalue weighted by Gasteiger charge is 2.19. The number of aryl methyl sites for hydroxylation is 1. The van der Waals surface area contributed by atoms with Crippen molar-refractivity contribution in [1.29, 1.82) is 0 Å². The van der Waals surface area contributed by atoms with Gasteiger partial charge in [-0.15, -0.1) is 16.8 Å².